The van der Waals surface area contributed by atoms with Gasteiger partial charge in [-0.2, -0.15) is 0 Å². The molecule has 0 saturated carbocycles. The monoisotopic (exact) mass is 247 g/mol. The number of carbonyl (C=O) groups excluding carboxylic acids is 1. The average molecular weight is 247 g/mol. The maximum atomic E-state index is 12.7. The lowest BCUT2D eigenvalue weighted by Crippen LogP contribution is -2.26. The van der Waals surface area contributed by atoms with E-state index in [1.807, 2.05) is 26.0 Å². The van der Waals surface area contributed by atoms with Crippen LogP contribution in [-0.4, -0.2) is 5.91 Å². The summed E-state index contributed by atoms with van der Waals surface area (Å²) in [6.45, 7) is 3.68. The average Bonchev–Trinajstić information content (AvgIpc) is 2.76. The minimum Gasteiger partial charge on any atom is -0.464 e. The Hall–Kier alpha value is -2.10. The Morgan fingerprint density at radius 3 is 2.44 bits per heavy atom. The molecule has 2 rings (SSSR count). The normalized spacial score (nSPS) is 12.2. The topological polar surface area (TPSA) is 42.2 Å². The maximum absolute atomic E-state index is 12.7. The van der Waals surface area contributed by atoms with Gasteiger partial charge in [0.15, 0.2) is 0 Å². The van der Waals surface area contributed by atoms with E-state index >= 15 is 0 Å². The first-order chi connectivity index (χ1) is 8.56. The summed E-state index contributed by atoms with van der Waals surface area (Å²) in [4.78, 5) is 11.9. The standard InChI is InChI=1S/C14H14FNO2/c1-9-3-8-13(18-9)10(2)16-14(17)11-4-6-12(15)7-5-11/h3-8,10H,1-2H3,(H,16,17). The molecule has 1 amide bonds. The van der Waals surface area contributed by atoms with Crippen LogP contribution in [0.3, 0.4) is 0 Å². The van der Waals surface area contributed by atoms with Crippen molar-refractivity contribution in [2.24, 2.45) is 0 Å². The first kappa shape index (κ1) is 12.4. The molecule has 0 aliphatic carbocycles. The van der Waals surface area contributed by atoms with Crippen LogP contribution >= 0.6 is 0 Å². The van der Waals surface area contributed by atoms with Gasteiger partial charge in [-0.05, 0) is 50.2 Å². The molecule has 0 spiro atoms. The van der Waals surface area contributed by atoms with E-state index in [9.17, 15) is 9.18 Å². The number of hydrogen-bond donors (Lipinski definition) is 1. The second-order valence-corrected chi connectivity index (χ2v) is 4.15. The highest BCUT2D eigenvalue weighted by Gasteiger charge is 2.13. The summed E-state index contributed by atoms with van der Waals surface area (Å²) in [6, 6.07) is 8.86. The Morgan fingerprint density at radius 2 is 1.89 bits per heavy atom. The number of aryl methyl sites for hydroxylation is 1. The van der Waals surface area contributed by atoms with Crippen LogP contribution in [0.25, 0.3) is 0 Å². The highest BCUT2D eigenvalue weighted by atomic mass is 19.1. The Labute approximate surface area is 105 Å². The fraction of sp³-hybridized carbons (Fsp3) is 0.214. The second-order valence-electron chi connectivity index (χ2n) is 4.15. The molecule has 1 aromatic heterocycles. The van der Waals surface area contributed by atoms with Crippen LogP contribution in [0.1, 0.15) is 34.8 Å². The molecule has 0 fully saturated rings. The zero-order valence-electron chi connectivity index (χ0n) is 10.2. The fourth-order valence-corrected chi connectivity index (χ4v) is 1.64. The molecule has 3 nitrogen and oxygen atoms in total. The molecule has 18 heavy (non-hydrogen) atoms. The molecule has 0 aliphatic rings. The van der Waals surface area contributed by atoms with Crippen molar-refractivity contribution in [3.05, 3.63) is 59.3 Å². The van der Waals surface area contributed by atoms with E-state index in [0.29, 0.717) is 11.3 Å². The smallest absolute Gasteiger partial charge is 0.251 e. The van der Waals surface area contributed by atoms with Crippen LogP contribution in [0.2, 0.25) is 0 Å². The number of furan rings is 1. The molecule has 1 unspecified atom stereocenters. The third kappa shape index (κ3) is 2.77. The number of nitrogens with one attached hydrogen (secondary N) is 1. The number of benzene rings is 1. The van der Waals surface area contributed by atoms with Crippen molar-refractivity contribution in [2.75, 3.05) is 0 Å². The Kier molecular flexibility index (Phi) is 3.46. The zero-order valence-corrected chi connectivity index (χ0v) is 10.2. The highest BCUT2D eigenvalue weighted by molar-refractivity contribution is 5.94. The molecule has 4 heteroatoms. The molecule has 1 atom stereocenters. The predicted molar refractivity (Wildman–Crippen MR) is 65.7 cm³/mol. The van der Waals surface area contributed by atoms with Crippen molar-refractivity contribution in [3.63, 3.8) is 0 Å². The zero-order chi connectivity index (χ0) is 13.1. The second kappa shape index (κ2) is 5.04. The summed E-state index contributed by atoms with van der Waals surface area (Å²) in [5.41, 5.74) is 0.423. The molecule has 1 N–H and O–H groups in total. The van der Waals surface area contributed by atoms with Gasteiger partial charge in [-0.1, -0.05) is 0 Å². The Balaban J connectivity index is 2.05. The summed E-state index contributed by atoms with van der Waals surface area (Å²) < 4.78 is 18.2. The minimum absolute atomic E-state index is 0.226. The molecule has 0 saturated heterocycles. The first-order valence-electron chi connectivity index (χ1n) is 5.69. The van der Waals surface area contributed by atoms with Crippen molar-refractivity contribution in [2.45, 2.75) is 19.9 Å². The van der Waals surface area contributed by atoms with E-state index in [0.717, 1.165) is 5.76 Å². The van der Waals surface area contributed by atoms with Crippen molar-refractivity contribution in [3.8, 4) is 0 Å². The van der Waals surface area contributed by atoms with Gasteiger partial charge >= 0.3 is 0 Å². The molecule has 2 aromatic rings. The summed E-state index contributed by atoms with van der Waals surface area (Å²) in [5, 5.41) is 2.79. The fourth-order valence-electron chi connectivity index (χ4n) is 1.64. The summed E-state index contributed by atoms with van der Waals surface area (Å²) in [7, 11) is 0. The third-order valence-electron chi connectivity index (χ3n) is 2.64. The van der Waals surface area contributed by atoms with Crippen molar-refractivity contribution in [1.29, 1.82) is 0 Å². The highest BCUT2D eigenvalue weighted by Crippen LogP contribution is 2.16. The maximum Gasteiger partial charge on any atom is 0.251 e. The van der Waals surface area contributed by atoms with Gasteiger partial charge in [-0.25, -0.2) is 4.39 Å². The van der Waals surface area contributed by atoms with Crippen LogP contribution in [0.15, 0.2) is 40.8 Å². The number of amides is 1. The van der Waals surface area contributed by atoms with Crippen LogP contribution in [0.4, 0.5) is 4.39 Å². The van der Waals surface area contributed by atoms with Gasteiger partial charge in [-0.3, -0.25) is 4.79 Å². The third-order valence-corrected chi connectivity index (χ3v) is 2.64. The van der Waals surface area contributed by atoms with Gasteiger partial charge in [0.05, 0.1) is 6.04 Å². The number of rotatable bonds is 3. The lowest BCUT2D eigenvalue weighted by Gasteiger charge is -2.11. The summed E-state index contributed by atoms with van der Waals surface area (Å²) in [5.74, 6) is 0.883. The van der Waals surface area contributed by atoms with Crippen LogP contribution in [0.5, 0.6) is 0 Å². The van der Waals surface area contributed by atoms with E-state index in [2.05, 4.69) is 5.32 Å². The lowest BCUT2D eigenvalue weighted by molar-refractivity contribution is 0.0935. The Bertz CT molecular complexity index is 545. The van der Waals surface area contributed by atoms with Gasteiger partial charge in [0.2, 0.25) is 0 Å². The van der Waals surface area contributed by atoms with Crippen molar-refractivity contribution >= 4 is 5.91 Å². The SMILES string of the molecule is Cc1ccc(C(C)NC(=O)c2ccc(F)cc2)o1. The summed E-state index contributed by atoms with van der Waals surface area (Å²) in [6.07, 6.45) is 0. The predicted octanol–water partition coefficient (Wildman–Crippen LogP) is 3.22. The molecule has 0 bridgehead atoms. The van der Waals surface area contributed by atoms with Gasteiger partial charge in [0.1, 0.15) is 17.3 Å². The minimum atomic E-state index is -0.360. The quantitative estimate of drug-likeness (QED) is 0.904. The van der Waals surface area contributed by atoms with Gasteiger partial charge in [0.25, 0.3) is 5.91 Å². The van der Waals surface area contributed by atoms with E-state index in [1.165, 1.54) is 24.3 Å². The molecular formula is C14H14FNO2. The lowest BCUT2D eigenvalue weighted by atomic mass is 10.2. The van der Waals surface area contributed by atoms with Gasteiger partial charge in [0, 0.05) is 5.56 Å². The number of carbonyl (C=O) groups is 1. The summed E-state index contributed by atoms with van der Waals surface area (Å²) >= 11 is 0. The van der Waals surface area contributed by atoms with E-state index in [-0.39, 0.29) is 17.8 Å². The van der Waals surface area contributed by atoms with E-state index in [1.54, 1.807) is 0 Å². The number of halogens is 1. The molecular weight excluding hydrogens is 233 g/mol. The van der Waals surface area contributed by atoms with Crippen LogP contribution in [0, 0.1) is 12.7 Å². The van der Waals surface area contributed by atoms with E-state index < -0.39 is 0 Å². The van der Waals surface area contributed by atoms with Gasteiger partial charge in [-0.15, -0.1) is 0 Å². The first-order valence-corrected chi connectivity index (χ1v) is 5.69. The van der Waals surface area contributed by atoms with E-state index in [4.69, 9.17) is 4.42 Å². The largest absolute Gasteiger partial charge is 0.464 e. The Morgan fingerprint density at radius 1 is 1.22 bits per heavy atom. The van der Waals surface area contributed by atoms with Crippen molar-refractivity contribution in [1.82, 2.24) is 5.32 Å². The molecule has 0 radical (unpaired) electrons. The van der Waals surface area contributed by atoms with Crippen molar-refractivity contribution < 1.29 is 13.6 Å². The molecule has 94 valence electrons. The van der Waals surface area contributed by atoms with Crippen LogP contribution < -0.4 is 5.32 Å². The molecule has 1 aromatic carbocycles. The van der Waals surface area contributed by atoms with Crippen LogP contribution in [-0.2, 0) is 0 Å². The molecule has 0 aliphatic heterocycles. The molecule has 1 heterocycles. The van der Waals surface area contributed by atoms with Gasteiger partial charge < -0.3 is 9.73 Å². The number of hydrogen-bond acceptors (Lipinski definition) is 2.